The second kappa shape index (κ2) is 6.98. The molecule has 0 aliphatic heterocycles. The fourth-order valence-corrected chi connectivity index (χ4v) is 1.85. The normalized spacial score (nSPS) is 11.0. The Morgan fingerprint density at radius 3 is 2.14 bits per heavy atom. The van der Waals surface area contributed by atoms with Crippen molar-refractivity contribution >= 4 is 11.6 Å². The van der Waals surface area contributed by atoms with Crippen molar-refractivity contribution in [2.75, 3.05) is 18.4 Å². The van der Waals surface area contributed by atoms with E-state index in [4.69, 9.17) is 0 Å². The molecule has 0 saturated heterocycles. The second-order valence-corrected chi connectivity index (χ2v) is 4.62. The Balaban J connectivity index is 1.80. The monoisotopic (exact) mass is 308 g/mol. The summed E-state index contributed by atoms with van der Waals surface area (Å²) < 4.78 is 37.3. The zero-order valence-electron chi connectivity index (χ0n) is 11.7. The van der Waals surface area contributed by atoms with Crippen molar-refractivity contribution in [2.24, 2.45) is 0 Å². The molecule has 0 fully saturated rings. The summed E-state index contributed by atoms with van der Waals surface area (Å²) in [6.45, 7) is 0.894. The molecule has 0 aliphatic rings. The van der Waals surface area contributed by atoms with E-state index >= 15 is 0 Å². The molecule has 3 nitrogen and oxygen atoms in total. The molecule has 6 heteroatoms. The molecule has 0 atom stereocenters. The SMILES string of the molecule is O=C(NCCNc1ccccc1)c1ccc(C(F)(F)F)cc1. The van der Waals surface area contributed by atoms with E-state index in [0.717, 1.165) is 17.8 Å². The molecule has 0 aliphatic carbocycles. The molecule has 0 saturated carbocycles. The molecule has 0 heterocycles. The molecular formula is C16H15F3N2O. The average molecular weight is 308 g/mol. The summed E-state index contributed by atoms with van der Waals surface area (Å²) in [5, 5.41) is 5.76. The lowest BCUT2D eigenvalue weighted by molar-refractivity contribution is -0.137. The van der Waals surface area contributed by atoms with E-state index in [1.165, 1.54) is 12.1 Å². The van der Waals surface area contributed by atoms with E-state index in [9.17, 15) is 18.0 Å². The summed E-state index contributed by atoms with van der Waals surface area (Å²) in [7, 11) is 0. The van der Waals surface area contributed by atoms with Crippen LogP contribution in [-0.2, 0) is 6.18 Å². The highest BCUT2D eigenvalue weighted by atomic mass is 19.4. The molecule has 2 aromatic carbocycles. The predicted octanol–water partition coefficient (Wildman–Crippen LogP) is 3.55. The Labute approximate surface area is 126 Å². The number of carbonyl (C=O) groups is 1. The number of carbonyl (C=O) groups excluding carboxylic acids is 1. The number of para-hydroxylation sites is 1. The van der Waals surface area contributed by atoms with Gasteiger partial charge in [0.25, 0.3) is 5.91 Å². The minimum Gasteiger partial charge on any atom is -0.383 e. The largest absolute Gasteiger partial charge is 0.416 e. The highest BCUT2D eigenvalue weighted by Gasteiger charge is 2.30. The molecule has 0 spiro atoms. The van der Waals surface area contributed by atoms with Crippen LogP contribution in [0.4, 0.5) is 18.9 Å². The minimum atomic E-state index is -4.39. The maximum atomic E-state index is 12.4. The highest BCUT2D eigenvalue weighted by molar-refractivity contribution is 5.94. The fourth-order valence-electron chi connectivity index (χ4n) is 1.85. The summed E-state index contributed by atoms with van der Waals surface area (Å²) in [6.07, 6.45) is -4.39. The molecule has 2 aromatic rings. The number of hydrogen-bond acceptors (Lipinski definition) is 2. The maximum Gasteiger partial charge on any atom is 0.416 e. The molecule has 0 unspecified atom stereocenters. The van der Waals surface area contributed by atoms with Crippen molar-refractivity contribution in [3.8, 4) is 0 Å². The summed E-state index contributed by atoms with van der Waals surface area (Å²) in [5.74, 6) is -0.399. The van der Waals surface area contributed by atoms with Crippen molar-refractivity contribution in [3.63, 3.8) is 0 Å². The molecule has 1 amide bonds. The average Bonchev–Trinajstić information content (AvgIpc) is 2.52. The Morgan fingerprint density at radius 1 is 0.909 bits per heavy atom. The first-order chi connectivity index (χ1) is 10.5. The van der Waals surface area contributed by atoms with Crippen molar-refractivity contribution < 1.29 is 18.0 Å². The first-order valence-corrected chi connectivity index (χ1v) is 6.71. The number of halogens is 3. The minimum absolute atomic E-state index is 0.202. The van der Waals surface area contributed by atoms with E-state index in [1.807, 2.05) is 30.3 Å². The fraction of sp³-hybridized carbons (Fsp3) is 0.188. The lowest BCUT2D eigenvalue weighted by Gasteiger charge is -2.09. The summed E-state index contributed by atoms with van der Waals surface area (Å²) in [4.78, 5) is 11.8. The first-order valence-electron chi connectivity index (χ1n) is 6.71. The maximum absolute atomic E-state index is 12.4. The Morgan fingerprint density at radius 2 is 1.55 bits per heavy atom. The molecule has 0 bridgehead atoms. The van der Waals surface area contributed by atoms with Crippen molar-refractivity contribution in [2.45, 2.75) is 6.18 Å². The molecule has 22 heavy (non-hydrogen) atoms. The topological polar surface area (TPSA) is 41.1 Å². The van der Waals surface area contributed by atoms with E-state index in [0.29, 0.717) is 13.1 Å². The van der Waals surface area contributed by atoms with Gasteiger partial charge in [0.1, 0.15) is 0 Å². The Hall–Kier alpha value is -2.50. The third kappa shape index (κ3) is 4.51. The third-order valence-electron chi connectivity index (χ3n) is 2.99. The van der Waals surface area contributed by atoms with Crippen LogP contribution < -0.4 is 10.6 Å². The lowest BCUT2D eigenvalue weighted by atomic mass is 10.1. The van der Waals surface area contributed by atoms with E-state index in [1.54, 1.807) is 0 Å². The predicted molar refractivity (Wildman–Crippen MR) is 78.7 cm³/mol. The second-order valence-electron chi connectivity index (χ2n) is 4.62. The van der Waals surface area contributed by atoms with Gasteiger partial charge in [0.2, 0.25) is 0 Å². The van der Waals surface area contributed by atoms with Crippen LogP contribution in [0.25, 0.3) is 0 Å². The van der Waals surface area contributed by atoms with Crippen molar-refractivity contribution in [1.29, 1.82) is 0 Å². The molecule has 0 radical (unpaired) electrons. The zero-order chi connectivity index (χ0) is 16.0. The van der Waals surface area contributed by atoms with E-state index in [2.05, 4.69) is 10.6 Å². The zero-order valence-corrected chi connectivity index (χ0v) is 11.7. The molecule has 2 rings (SSSR count). The first kappa shape index (κ1) is 15.9. The van der Waals surface area contributed by atoms with Crippen molar-refractivity contribution in [3.05, 3.63) is 65.7 Å². The number of benzene rings is 2. The standard InChI is InChI=1S/C16H15F3N2O/c17-16(18,19)13-8-6-12(7-9-13)15(22)21-11-10-20-14-4-2-1-3-5-14/h1-9,20H,10-11H2,(H,21,22). The van der Waals surface area contributed by atoms with Gasteiger partial charge in [-0.1, -0.05) is 18.2 Å². The van der Waals surface area contributed by atoms with Gasteiger partial charge in [0.05, 0.1) is 5.56 Å². The number of alkyl halides is 3. The van der Waals surface area contributed by atoms with Crippen LogP contribution >= 0.6 is 0 Å². The smallest absolute Gasteiger partial charge is 0.383 e. The molecule has 2 N–H and O–H groups in total. The van der Waals surface area contributed by atoms with Crippen LogP contribution in [0.15, 0.2) is 54.6 Å². The van der Waals surface area contributed by atoms with Gasteiger partial charge in [-0.05, 0) is 36.4 Å². The number of amides is 1. The quantitative estimate of drug-likeness (QED) is 0.829. The molecule has 116 valence electrons. The van der Waals surface area contributed by atoms with Crippen LogP contribution in [0.1, 0.15) is 15.9 Å². The molecule has 0 aromatic heterocycles. The number of anilines is 1. The number of nitrogens with one attached hydrogen (secondary N) is 2. The summed E-state index contributed by atoms with van der Waals surface area (Å²) in [6, 6.07) is 13.6. The summed E-state index contributed by atoms with van der Waals surface area (Å²) in [5.41, 5.74) is 0.369. The van der Waals surface area contributed by atoms with Gasteiger partial charge in [-0.15, -0.1) is 0 Å². The van der Waals surface area contributed by atoms with Gasteiger partial charge >= 0.3 is 6.18 Å². The van der Waals surface area contributed by atoms with Crippen LogP contribution in [-0.4, -0.2) is 19.0 Å². The summed E-state index contributed by atoms with van der Waals surface area (Å²) >= 11 is 0. The van der Waals surface area contributed by atoms with Gasteiger partial charge < -0.3 is 10.6 Å². The van der Waals surface area contributed by atoms with E-state index in [-0.39, 0.29) is 5.56 Å². The Kier molecular flexibility index (Phi) is 5.04. The van der Waals surface area contributed by atoms with Gasteiger partial charge in [-0.3, -0.25) is 4.79 Å². The van der Waals surface area contributed by atoms with E-state index < -0.39 is 17.6 Å². The number of hydrogen-bond donors (Lipinski definition) is 2. The number of rotatable bonds is 5. The lowest BCUT2D eigenvalue weighted by Crippen LogP contribution is -2.28. The van der Waals surface area contributed by atoms with Crippen LogP contribution in [0, 0.1) is 0 Å². The van der Waals surface area contributed by atoms with Gasteiger partial charge in [-0.2, -0.15) is 13.2 Å². The highest BCUT2D eigenvalue weighted by Crippen LogP contribution is 2.28. The van der Waals surface area contributed by atoms with Crippen LogP contribution in [0.2, 0.25) is 0 Å². The van der Waals surface area contributed by atoms with Gasteiger partial charge in [0, 0.05) is 24.3 Å². The van der Waals surface area contributed by atoms with Gasteiger partial charge in [-0.25, -0.2) is 0 Å². The van der Waals surface area contributed by atoms with Crippen LogP contribution in [0.5, 0.6) is 0 Å². The third-order valence-corrected chi connectivity index (χ3v) is 2.99. The molecular weight excluding hydrogens is 293 g/mol. The Bertz CT molecular complexity index is 610. The van der Waals surface area contributed by atoms with Crippen molar-refractivity contribution in [1.82, 2.24) is 5.32 Å². The van der Waals surface area contributed by atoms with Crippen LogP contribution in [0.3, 0.4) is 0 Å². The van der Waals surface area contributed by atoms with Gasteiger partial charge in [0.15, 0.2) is 0 Å².